The van der Waals surface area contributed by atoms with Gasteiger partial charge in [0, 0.05) is 90.0 Å². The van der Waals surface area contributed by atoms with Crippen molar-refractivity contribution in [3.05, 3.63) is 117 Å². The third kappa shape index (κ3) is 12.3. The molecule has 4 N–H and O–H groups in total. The number of pyridine rings is 1. The van der Waals surface area contributed by atoms with Crippen LogP contribution in [-0.4, -0.2) is 152 Å². The lowest BCUT2D eigenvalue weighted by molar-refractivity contribution is -0.139. The summed E-state index contributed by atoms with van der Waals surface area (Å²) in [5, 5.41) is 27.4. The number of anilines is 1. The van der Waals surface area contributed by atoms with Gasteiger partial charge in [-0.25, -0.2) is 9.37 Å². The number of nitrogens with one attached hydrogen (secondary N) is 3. The highest BCUT2D eigenvalue weighted by molar-refractivity contribution is 7.13. The summed E-state index contributed by atoms with van der Waals surface area (Å²) in [5.74, 6) is 1.49. The van der Waals surface area contributed by atoms with Gasteiger partial charge in [0.1, 0.15) is 35.6 Å². The molecule has 1 aliphatic carbocycles. The minimum Gasteiger partial charge on any atom is -0.491 e. The number of aromatic nitrogens is 8. The van der Waals surface area contributed by atoms with Gasteiger partial charge in [-0.2, -0.15) is 20.2 Å². The number of amides is 1. The first-order valence-corrected chi connectivity index (χ1v) is 30.5. The zero-order valence-electron chi connectivity index (χ0n) is 49.4. The molecule has 85 heavy (non-hydrogen) atoms. The Hall–Kier alpha value is -7.69. The summed E-state index contributed by atoms with van der Waals surface area (Å²) in [6.07, 6.45) is 9.71. The summed E-state index contributed by atoms with van der Waals surface area (Å²) in [6.45, 7) is 15.8. The highest BCUT2D eigenvalue weighted by atomic mass is 32.1. The van der Waals surface area contributed by atoms with Crippen molar-refractivity contribution >= 4 is 73.0 Å². The molecule has 3 saturated heterocycles. The normalized spacial score (nSPS) is 17.5. The van der Waals surface area contributed by atoms with E-state index in [-0.39, 0.29) is 48.0 Å². The van der Waals surface area contributed by atoms with Gasteiger partial charge < -0.3 is 49.1 Å². The van der Waals surface area contributed by atoms with Crippen molar-refractivity contribution in [1.29, 1.82) is 0 Å². The van der Waals surface area contributed by atoms with Crippen LogP contribution < -0.4 is 25.2 Å². The van der Waals surface area contributed by atoms with E-state index in [0.717, 1.165) is 125 Å². The molecule has 4 fully saturated rings. The number of nitrogens with zero attached hydrogens (tertiary/aromatic N) is 9. The number of para-hydroxylation sites is 1. The van der Waals surface area contributed by atoms with Crippen molar-refractivity contribution in [2.75, 3.05) is 78.1 Å². The number of benzene rings is 4. The van der Waals surface area contributed by atoms with Crippen LogP contribution in [-0.2, 0) is 14.3 Å². The van der Waals surface area contributed by atoms with Gasteiger partial charge in [0.25, 0.3) is 5.56 Å². The van der Waals surface area contributed by atoms with E-state index in [0.29, 0.717) is 72.6 Å². The highest BCUT2D eigenvalue weighted by Crippen LogP contribution is 2.53. The molecule has 4 aliphatic rings. The molecule has 3 aliphatic heterocycles. The molecule has 5 aromatic heterocycles. The molecular formula is C64H75FN12O7S. The molecule has 446 valence electrons. The van der Waals surface area contributed by atoms with E-state index in [9.17, 15) is 19.5 Å². The van der Waals surface area contributed by atoms with Gasteiger partial charge in [-0.1, -0.05) is 56.3 Å². The molecule has 0 bridgehead atoms. The quantitative estimate of drug-likeness (QED) is 0.0702. The minimum atomic E-state index is -0.559. The first kappa shape index (κ1) is 59.1. The van der Waals surface area contributed by atoms with Crippen molar-refractivity contribution in [2.45, 2.75) is 103 Å². The third-order valence-electron chi connectivity index (χ3n) is 16.9. The van der Waals surface area contributed by atoms with Gasteiger partial charge in [-0.3, -0.25) is 19.4 Å². The molecule has 21 heteroatoms. The fourth-order valence-corrected chi connectivity index (χ4v) is 12.8. The number of carbonyl (C=O) groups is 2. The first-order chi connectivity index (χ1) is 41.3. The van der Waals surface area contributed by atoms with Crippen LogP contribution in [0.3, 0.4) is 0 Å². The number of H-pyrrole nitrogens is 2. The number of halogens is 1. The molecule has 19 nitrogen and oxygen atoms in total. The maximum absolute atomic E-state index is 15.4. The lowest BCUT2D eigenvalue weighted by Gasteiger charge is -2.34. The Bertz CT molecular complexity index is 3900. The average molecular weight is 1180 g/mol. The number of aliphatic hydroxyl groups is 1. The summed E-state index contributed by atoms with van der Waals surface area (Å²) in [7, 11) is 4.00. The largest absolute Gasteiger partial charge is 0.491 e. The van der Waals surface area contributed by atoms with Gasteiger partial charge in [0.2, 0.25) is 5.91 Å². The number of rotatable bonds is 15. The Morgan fingerprint density at radius 2 is 1.69 bits per heavy atom. The smallest absolute Gasteiger partial charge is 0.319 e. The number of hydrogen-bond acceptors (Lipinski definition) is 16. The monoisotopic (exact) mass is 1170 g/mol. The van der Waals surface area contributed by atoms with Crippen LogP contribution in [0.1, 0.15) is 99.7 Å². The zero-order chi connectivity index (χ0) is 59.5. The van der Waals surface area contributed by atoms with Gasteiger partial charge in [0.05, 0.1) is 66.3 Å². The summed E-state index contributed by atoms with van der Waals surface area (Å²) < 4.78 is 35.4. The number of aryl methyl sites for hydroxylation is 1. The predicted octanol–water partition coefficient (Wildman–Crippen LogP) is 9.84. The first-order valence-electron chi connectivity index (χ1n) is 29.6. The number of carbonyl (C=O) groups excluding carboxylic acids is 2. The Morgan fingerprint density at radius 1 is 0.929 bits per heavy atom. The summed E-state index contributed by atoms with van der Waals surface area (Å²) in [6, 6.07) is 19.0. The van der Waals surface area contributed by atoms with Crippen molar-refractivity contribution < 1.29 is 33.3 Å². The number of hydrogen-bond donors (Lipinski definition) is 4. The number of thiazole rings is 1. The molecular weight excluding hydrogens is 1100 g/mol. The topological polar surface area (TPSA) is 222 Å². The van der Waals surface area contributed by atoms with E-state index in [4.69, 9.17) is 24.2 Å². The van der Waals surface area contributed by atoms with Crippen LogP contribution in [0, 0.1) is 25.6 Å². The van der Waals surface area contributed by atoms with E-state index in [2.05, 4.69) is 65.6 Å². The van der Waals surface area contributed by atoms with E-state index in [1.807, 2.05) is 83.6 Å². The second-order valence-electron chi connectivity index (χ2n) is 22.9. The second-order valence-corrected chi connectivity index (χ2v) is 23.7. The van der Waals surface area contributed by atoms with Gasteiger partial charge >= 0.3 is 6.01 Å². The Labute approximate surface area is 496 Å². The van der Waals surface area contributed by atoms with Gasteiger partial charge in [0.15, 0.2) is 11.3 Å². The number of piperazine rings is 1. The Kier molecular flexibility index (Phi) is 18.0. The highest BCUT2D eigenvalue weighted by Gasteiger charge is 2.37. The average Bonchev–Trinajstić information content (AvgIpc) is 1.95. The van der Waals surface area contributed by atoms with Crippen molar-refractivity contribution in [2.24, 2.45) is 5.92 Å². The zero-order valence-corrected chi connectivity index (χ0v) is 50.2. The molecule has 3 atom stereocenters. The van der Waals surface area contributed by atoms with Crippen LogP contribution >= 0.6 is 11.3 Å². The molecule has 8 heterocycles. The molecule has 3 unspecified atom stereocenters. The van der Waals surface area contributed by atoms with Crippen LogP contribution in [0.4, 0.5) is 10.2 Å². The SMILES string of the molecule is CC(C)C(C(=O)N1CCCC1C=O)n1cc2c(n1)c(=O)[nH]c1ccccc12.CCOc1c(-c2c(C)c(F)cc3[nH]ncc23)c(C2CC2)cc2c(N3CCN(C)CC3)nc(OC3CCOCC3)nc12.CNC(CO)c1ccc(-c2scnc2C)cc1. The molecule has 9 aromatic rings. The standard InChI is InChI=1S/C31H37FN6O3.C20H22N4O3.C13H16N2OS/c1-4-40-29-27(26-18(2)24(32)16-25-23(26)17-33-36-25)21(19-5-6-19)15-22-28(29)34-31(41-20-7-13-39-14-8-20)35-30(22)38-11-9-37(3)10-12-38;1-12(2)18(20(27)23-9-5-6-13(23)11-25)24-10-15-14-7-3-4-8-16(14)21-19(26)17(15)22-24;1-9-13(17-8-15-9)11-5-3-10(4-6-11)12(7-16)14-2/h15-17,19-20H,4-14H2,1-3H3,(H,33,36);3-4,7-8,10-13,18H,5-6,9H2,1-2H3,(H,21,26);3-6,8,12,14,16H,7H2,1-2H3. The summed E-state index contributed by atoms with van der Waals surface area (Å²) >= 11 is 1.65. The number of aliphatic hydroxyl groups excluding tert-OH is 1. The van der Waals surface area contributed by atoms with Gasteiger partial charge in [-0.05, 0) is 113 Å². The van der Waals surface area contributed by atoms with Crippen molar-refractivity contribution in [1.82, 2.24) is 55.0 Å². The summed E-state index contributed by atoms with van der Waals surface area (Å²) in [5.41, 5.74) is 10.8. The predicted molar refractivity (Wildman–Crippen MR) is 330 cm³/mol. The number of likely N-dealkylation sites (N-methyl/N-ethyl adjacent to an activating group) is 2. The Balaban J connectivity index is 0.000000146. The van der Waals surface area contributed by atoms with Crippen molar-refractivity contribution in [3.8, 4) is 33.3 Å². The number of fused-ring (bicyclic) bond motifs is 5. The maximum Gasteiger partial charge on any atom is 0.319 e. The fraction of sp³-hybridized carbons (Fsp3) is 0.438. The van der Waals surface area contributed by atoms with Crippen LogP contribution in [0.25, 0.3) is 65.2 Å². The van der Waals surface area contributed by atoms with Gasteiger partial charge in [-0.15, -0.1) is 11.3 Å². The number of likely N-dealkylation sites (tertiary alicyclic amines) is 1. The summed E-state index contributed by atoms with van der Waals surface area (Å²) in [4.78, 5) is 61.7. The van der Waals surface area contributed by atoms with E-state index >= 15 is 4.39 Å². The lowest BCUT2D eigenvalue weighted by Crippen LogP contribution is -2.45. The number of ether oxygens (including phenoxy) is 3. The second kappa shape index (κ2) is 25.9. The molecule has 0 spiro atoms. The van der Waals surface area contributed by atoms with E-state index < -0.39 is 6.04 Å². The number of aldehydes is 1. The molecule has 13 rings (SSSR count). The Morgan fingerprint density at radius 3 is 2.38 bits per heavy atom. The van der Waals surface area contributed by atoms with Crippen LogP contribution in [0.15, 0.2) is 83.4 Å². The fourth-order valence-electron chi connectivity index (χ4n) is 12.0. The molecule has 0 radical (unpaired) electrons. The number of aromatic amines is 2. The molecule has 1 saturated carbocycles. The van der Waals surface area contributed by atoms with E-state index in [1.54, 1.807) is 33.3 Å². The van der Waals surface area contributed by atoms with E-state index in [1.165, 1.54) is 16.5 Å². The molecule has 1 amide bonds. The third-order valence-corrected chi connectivity index (χ3v) is 17.8. The molecule has 4 aromatic carbocycles. The van der Waals surface area contributed by atoms with Crippen LogP contribution in [0.5, 0.6) is 11.8 Å². The maximum atomic E-state index is 15.4. The van der Waals surface area contributed by atoms with Crippen molar-refractivity contribution in [3.63, 3.8) is 0 Å². The minimum absolute atomic E-state index is 0.00157. The lowest BCUT2D eigenvalue weighted by atomic mass is 9.88. The van der Waals surface area contributed by atoms with Crippen LogP contribution in [0.2, 0.25) is 0 Å².